The predicted molar refractivity (Wildman–Crippen MR) is 87.7 cm³/mol. The van der Waals surface area contributed by atoms with Crippen molar-refractivity contribution in [1.29, 1.82) is 0 Å². The van der Waals surface area contributed by atoms with E-state index in [1.165, 1.54) is 0 Å². The summed E-state index contributed by atoms with van der Waals surface area (Å²) in [4.78, 5) is 11.6. The largest absolute Gasteiger partial charge is 0.496 e. The minimum atomic E-state index is -0.190. The molecule has 4 nitrogen and oxygen atoms in total. The number of hydrogen-bond donors (Lipinski definition) is 0. The Labute approximate surface area is 136 Å². The minimum absolute atomic E-state index is 0.157. The van der Waals surface area contributed by atoms with Gasteiger partial charge in [-0.15, -0.1) is 0 Å². The highest BCUT2D eigenvalue weighted by atomic mass is 16.5. The van der Waals surface area contributed by atoms with Crippen LogP contribution in [0.25, 0.3) is 11.1 Å². The van der Waals surface area contributed by atoms with E-state index in [0.29, 0.717) is 19.4 Å². The molecule has 0 N–H and O–H groups in total. The second-order valence-electron chi connectivity index (χ2n) is 5.37. The van der Waals surface area contributed by atoms with Gasteiger partial charge in [0.25, 0.3) is 0 Å². The maximum absolute atomic E-state index is 11.6. The van der Waals surface area contributed by atoms with E-state index in [4.69, 9.17) is 14.2 Å². The van der Waals surface area contributed by atoms with Gasteiger partial charge < -0.3 is 14.2 Å². The highest BCUT2D eigenvalue weighted by Gasteiger charge is 2.28. The van der Waals surface area contributed by atoms with E-state index < -0.39 is 0 Å². The number of carbonyl (C=O) groups excluding carboxylic acids is 1. The summed E-state index contributed by atoms with van der Waals surface area (Å²) in [6, 6.07) is 13.9. The first-order valence-corrected chi connectivity index (χ1v) is 7.83. The standard InChI is InChI=1S/C19H20O4/c1-3-22-18(20)12-11-15-13-7-4-5-8-14(13)19-16(21-2)9-6-10-17(19)23-15/h4-10,15H,3,11-12H2,1-2H3. The third-order valence-electron chi connectivity index (χ3n) is 3.97. The molecule has 1 aliphatic heterocycles. The number of ether oxygens (including phenoxy) is 3. The van der Waals surface area contributed by atoms with Crippen LogP contribution in [0.4, 0.5) is 0 Å². The topological polar surface area (TPSA) is 44.8 Å². The second kappa shape index (κ2) is 6.73. The van der Waals surface area contributed by atoms with Gasteiger partial charge in [-0.2, -0.15) is 0 Å². The fourth-order valence-electron chi connectivity index (χ4n) is 2.96. The van der Waals surface area contributed by atoms with E-state index >= 15 is 0 Å². The van der Waals surface area contributed by atoms with Gasteiger partial charge in [0.2, 0.25) is 0 Å². The smallest absolute Gasteiger partial charge is 0.305 e. The monoisotopic (exact) mass is 312 g/mol. The lowest BCUT2D eigenvalue weighted by atomic mass is 9.90. The van der Waals surface area contributed by atoms with E-state index in [9.17, 15) is 4.79 Å². The van der Waals surface area contributed by atoms with Crippen molar-refractivity contribution in [2.45, 2.75) is 25.9 Å². The fourth-order valence-corrected chi connectivity index (χ4v) is 2.96. The zero-order valence-corrected chi connectivity index (χ0v) is 13.4. The van der Waals surface area contributed by atoms with Gasteiger partial charge in [-0.3, -0.25) is 4.79 Å². The summed E-state index contributed by atoms with van der Waals surface area (Å²) in [5, 5.41) is 0. The Bertz CT molecular complexity index is 708. The molecule has 4 heteroatoms. The molecule has 0 fully saturated rings. The van der Waals surface area contributed by atoms with Crippen molar-refractivity contribution >= 4 is 5.97 Å². The SMILES string of the molecule is CCOC(=O)CCC1Oc2cccc(OC)c2-c2ccccc21. The number of benzene rings is 2. The number of esters is 1. The highest BCUT2D eigenvalue weighted by molar-refractivity contribution is 5.81. The van der Waals surface area contributed by atoms with Gasteiger partial charge in [0.1, 0.15) is 17.6 Å². The molecule has 3 rings (SSSR count). The number of hydrogen-bond acceptors (Lipinski definition) is 4. The van der Waals surface area contributed by atoms with Crippen molar-refractivity contribution in [1.82, 2.24) is 0 Å². The lowest BCUT2D eigenvalue weighted by molar-refractivity contribution is -0.143. The molecule has 1 unspecified atom stereocenters. The normalized spacial score (nSPS) is 15.1. The summed E-state index contributed by atoms with van der Waals surface area (Å²) >= 11 is 0. The highest BCUT2D eigenvalue weighted by Crippen LogP contribution is 2.47. The van der Waals surface area contributed by atoms with Gasteiger partial charge in [-0.1, -0.05) is 30.3 Å². The van der Waals surface area contributed by atoms with Crippen LogP contribution in [0.15, 0.2) is 42.5 Å². The molecule has 0 saturated carbocycles. The number of methoxy groups -OCH3 is 1. The van der Waals surface area contributed by atoms with Crippen molar-refractivity contribution in [3.63, 3.8) is 0 Å². The molecule has 23 heavy (non-hydrogen) atoms. The molecule has 120 valence electrons. The summed E-state index contributed by atoms with van der Waals surface area (Å²) in [6.45, 7) is 2.22. The van der Waals surface area contributed by atoms with Gasteiger partial charge in [-0.25, -0.2) is 0 Å². The van der Waals surface area contributed by atoms with Crippen molar-refractivity contribution < 1.29 is 19.0 Å². The first-order chi connectivity index (χ1) is 11.2. The molecule has 1 aliphatic rings. The zero-order valence-electron chi connectivity index (χ0n) is 13.4. The molecule has 0 bridgehead atoms. The van der Waals surface area contributed by atoms with E-state index in [2.05, 4.69) is 6.07 Å². The Balaban J connectivity index is 1.93. The fraction of sp³-hybridized carbons (Fsp3) is 0.316. The quantitative estimate of drug-likeness (QED) is 0.778. The van der Waals surface area contributed by atoms with Crippen LogP contribution < -0.4 is 9.47 Å². The summed E-state index contributed by atoms with van der Waals surface area (Å²) < 4.78 is 16.6. The van der Waals surface area contributed by atoms with Crippen LogP contribution in [0.2, 0.25) is 0 Å². The summed E-state index contributed by atoms with van der Waals surface area (Å²) in [6.07, 6.45) is 0.772. The average Bonchev–Trinajstić information content (AvgIpc) is 2.59. The Kier molecular flexibility index (Phi) is 4.51. The van der Waals surface area contributed by atoms with E-state index in [1.807, 2.05) is 43.3 Å². The average molecular weight is 312 g/mol. The van der Waals surface area contributed by atoms with Gasteiger partial charge in [0.15, 0.2) is 0 Å². The maximum Gasteiger partial charge on any atom is 0.305 e. The van der Waals surface area contributed by atoms with Crippen LogP contribution in [0.1, 0.15) is 31.4 Å². The zero-order chi connectivity index (χ0) is 16.2. The molecule has 1 atom stereocenters. The molecule has 0 aliphatic carbocycles. The Morgan fingerprint density at radius 3 is 2.78 bits per heavy atom. The van der Waals surface area contributed by atoms with E-state index in [0.717, 1.165) is 28.2 Å². The minimum Gasteiger partial charge on any atom is -0.496 e. The molecule has 0 spiro atoms. The van der Waals surface area contributed by atoms with E-state index in [-0.39, 0.29) is 12.1 Å². The van der Waals surface area contributed by atoms with Crippen LogP contribution >= 0.6 is 0 Å². The van der Waals surface area contributed by atoms with Crippen molar-refractivity contribution in [2.24, 2.45) is 0 Å². The molecule has 2 aromatic rings. The van der Waals surface area contributed by atoms with Crippen molar-refractivity contribution in [3.8, 4) is 22.6 Å². The lowest BCUT2D eigenvalue weighted by Crippen LogP contribution is -2.16. The summed E-state index contributed by atoms with van der Waals surface area (Å²) in [7, 11) is 1.66. The molecule has 0 aromatic heterocycles. The van der Waals surface area contributed by atoms with E-state index in [1.54, 1.807) is 7.11 Å². The maximum atomic E-state index is 11.6. The molecule has 0 amide bonds. The summed E-state index contributed by atoms with van der Waals surface area (Å²) in [5.41, 5.74) is 3.15. The van der Waals surface area contributed by atoms with Crippen LogP contribution in [0.3, 0.4) is 0 Å². The molecular formula is C19H20O4. The molecule has 1 heterocycles. The molecule has 2 aromatic carbocycles. The lowest BCUT2D eigenvalue weighted by Gasteiger charge is -2.29. The Hall–Kier alpha value is -2.49. The number of rotatable bonds is 5. The van der Waals surface area contributed by atoms with Gasteiger partial charge in [0.05, 0.1) is 19.3 Å². The molecular weight excluding hydrogens is 292 g/mol. The first-order valence-electron chi connectivity index (χ1n) is 7.83. The summed E-state index contributed by atoms with van der Waals surface area (Å²) in [5.74, 6) is 1.39. The predicted octanol–water partition coefficient (Wildman–Crippen LogP) is 4.14. The van der Waals surface area contributed by atoms with Gasteiger partial charge in [-0.05, 0) is 31.0 Å². The second-order valence-corrected chi connectivity index (χ2v) is 5.37. The first kappa shape index (κ1) is 15.4. The Morgan fingerprint density at radius 1 is 1.17 bits per heavy atom. The number of carbonyl (C=O) groups is 1. The van der Waals surface area contributed by atoms with Crippen LogP contribution in [0.5, 0.6) is 11.5 Å². The van der Waals surface area contributed by atoms with Crippen LogP contribution in [0, 0.1) is 0 Å². The van der Waals surface area contributed by atoms with Crippen LogP contribution in [-0.2, 0) is 9.53 Å². The van der Waals surface area contributed by atoms with Crippen molar-refractivity contribution in [2.75, 3.05) is 13.7 Å². The third-order valence-corrected chi connectivity index (χ3v) is 3.97. The van der Waals surface area contributed by atoms with Gasteiger partial charge >= 0.3 is 5.97 Å². The third kappa shape index (κ3) is 3.02. The molecule has 0 saturated heterocycles. The Morgan fingerprint density at radius 2 is 2.00 bits per heavy atom. The number of fused-ring (bicyclic) bond motifs is 3. The van der Waals surface area contributed by atoms with Crippen LogP contribution in [-0.4, -0.2) is 19.7 Å². The van der Waals surface area contributed by atoms with Gasteiger partial charge in [0, 0.05) is 12.0 Å². The van der Waals surface area contributed by atoms with Crippen molar-refractivity contribution in [3.05, 3.63) is 48.0 Å². The molecule has 0 radical (unpaired) electrons.